The van der Waals surface area contributed by atoms with Crippen molar-refractivity contribution >= 4 is 34.0 Å². The van der Waals surface area contributed by atoms with Crippen LogP contribution in [0.4, 0.5) is 9.52 Å². The van der Waals surface area contributed by atoms with Gasteiger partial charge in [0.25, 0.3) is 5.91 Å². The third kappa shape index (κ3) is 2.37. The molecule has 1 heterocycles. The molecule has 0 spiro atoms. The van der Waals surface area contributed by atoms with Gasteiger partial charge in [0, 0.05) is 17.1 Å². The minimum atomic E-state index is -0.549. The maximum absolute atomic E-state index is 12.9. The van der Waals surface area contributed by atoms with Crippen LogP contribution >= 0.6 is 22.9 Å². The third-order valence-electron chi connectivity index (χ3n) is 1.83. The van der Waals surface area contributed by atoms with Crippen molar-refractivity contribution in [3.05, 3.63) is 46.2 Å². The number of benzene rings is 1. The van der Waals surface area contributed by atoms with E-state index in [1.807, 2.05) is 0 Å². The first-order valence-corrected chi connectivity index (χ1v) is 5.58. The molecule has 0 atom stereocenters. The van der Waals surface area contributed by atoms with E-state index in [9.17, 15) is 9.18 Å². The number of amides is 1. The summed E-state index contributed by atoms with van der Waals surface area (Å²) in [7, 11) is 0. The van der Waals surface area contributed by atoms with Crippen LogP contribution in [0.2, 0.25) is 5.02 Å². The molecule has 0 radical (unpaired) electrons. The number of hydrogen-bond donors (Lipinski definition) is 1. The van der Waals surface area contributed by atoms with Gasteiger partial charge in [0.15, 0.2) is 5.13 Å². The lowest BCUT2D eigenvalue weighted by atomic mass is 10.2. The van der Waals surface area contributed by atoms with Crippen molar-refractivity contribution in [1.29, 1.82) is 0 Å². The van der Waals surface area contributed by atoms with Crippen LogP contribution in [0.1, 0.15) is 10.4 Å². The third-order valence-corrected chi connectivity index (χ3v) is 2.81. The fourth-order valence-corrected chi connectivity index (χ4v) is 1.80. The van der Waals surface area contributed by atoms with Crippen molar-refractivity contribution in [3.8, 4) is 0 Å². The SMILES string of the molecule is O=C(Nc1nccs1)c1ccc(F)c(Cl)c1. The molecule has 6 heteroatoms. The zero-order chi connectivity index (χ0) is 11.5. The monoisotopic (exact) mass is 256 g/mol. The summed E-state index contributed by atoms with van der Waals surface area (Å²) in [5.74, 6) is -0.913. The highest BCUT2D eigenvalue weighted by molar-refractivity contribution is 7.13. The first-order chi connectivity index (χ1) is 7.66. The minimum absolute atomic E-state index is 0.0770. The molecule has 1 aromatic carbocycles. The maximum atomic E-state index is 12.9. The number of anilines is 1. The molecule has 1 N–H and O–H groups in total. The molecular formula is C10H6ClFN2OS. The van der Waals surface area contributed by atoms with E-state index in [0.717, 1.165) is 6.07 Å². The molecule has 0 saturated carbocycles. The van der Waals surface area contributed by atoms with Crippen molar-refractivity contribution in [3.63, 3.8) is 0 Å². The lowest BCUT2D eigenvalue weighted by Gasteiger charge is -2.02. The summed E-state index contributed by atoms with van der Waals surface area (Å²) in [5, 5.41) is 4.73. The Bertz CT molecular complexity index is 516. The van der Waals surface area contributed by atoms with Gasteiger partial charge >= 0.3 is 0 Å². The summed E-state index contributed by atoms with van der Waals surface area (Å²) in [6.45, 7) is 0. The van der Waals surface area contributed by atoms with Crippen LogP contribution in [0, 0.1) is 5.82 Å². The van der Waals surface area contributed by atoms with E-state index in [1.165, 1.54) is 23.5 Å². The van der Waals surface area contributed by atoms with E-state index >= 15 is 0 Å². The molecule has 0 aliphatic heterocycles. The van der Waals surface area contributed by atoms with Crippen molar-refractivity contribution < 1.29 is 9.18 Å². The zero-order valence-electron chi connectivity index (χ0n) is 7.91. The molecule has 0 bridgehead atoms. The zero-order valence-corrected chi connectivity index (χ0v) is 9.48. The standard InChI is InChI=1S/C10H6ClFN2OS/c11-7-5-6(1-2-8(7)12)9(15)14-10-13-3-4-16-10/h1-5H,(H,13,14,15). The van der Waals surface area contributed by atoms with Crippen LogP contribution in [0.25, 0.3) is 0 Å². The smallest absolute Gasteiger partial charge is 0.257 e. The molecule has 2 rings (SSSR count). The van der Waals surface area contributed by atoms with E-state index in [-0.39, 0.29) is 10.9 Å². The number of aromatic nitrogens is 1. The molecular weight excluding hydrogens is 251 g/mol. The summed E-state index contributed by atoms with van der Waals surface area (Å²) in [6, 6.07) is 3.79. The number of carbonyl (C=O) groups excluding carboxylic acids is 1. The highest BCUT2D eigenvalue weighted by atomic mass is 35.5. The molecule has 16 heavy (non-hydrogen) atoms. The Morgan fingerprint density at radius 3 is 2.94 bits per heavy atom. The molecule has 1 aromatic heterocycles. The van der Waals surface area contributed by atoms with Gasteiger partial charge in [0.2, 0.25) is 0 Å². The highest BCUT2D eigenvalue weighted by Crippen LogP contribution is 2.18. The molecule has 0 unspecified atom stereocenters. The largest absolute Gasteiger partial charge is 0.298 e. The van der Waals surface area contributed by atoms with Crippen LogP contribution < -0.4 is 5.32 Å². The van der Waals surface area contributed by atoms with Gasteiger partial charge < -0.3 is 0 Å². The first-order valence-electron chi connectivity index (χ1n) is 4.33. The van der Waals surface area contributed by atoms with E-state index in [0.29, 0.717) is 10.7 Å². The Balaban J connectivity index is 2.18. The van der Waals surface area contributed by atoms with Gasteiger partial charge in [0.05, 0.1) is 5.02 Å². The second-order valence-corrected chi connectivity index (χ2v) is 4.22. The first kappa shape index (κ1) is 11.0. The fourth-order valence-electron chi connectivity index (χ4n) is 1.09. The van der Waals surface area contributed by atoms with Gasteiger partial charge in [-0.25, -0.2) is 9.37 Å². The van der Waals surface area contributed by atoms with Gasteiger partial charge in [-0.05, 0) is 18.2 Å². The fraction of sp³-hybridized carbons (Fsp3) is 0. The summed E-state index contributed by atoms with van der Waals surface area (Å²) in [5.41, 5.74) is 0.293. The molecule has 0 fully saturated rings. The van der Waals surface area contributed by atoms with Crippen LogP contribution in [0.15, 0.2) is 29.8 Å². The van der Waals surface area contributed by atoms with Crippen molar-refractivity contribution in [2.24, 2.45) is 0 Å². The Morgan fingerprint density at radius 1 is 1.50 bits per heavy atom. The van der Waals surface area contributed by atoms with Crippen LogP contribution in [0.5, 0.6) is 0 Å². The van der Waals surface area contributed by atoms with Crippen molar-refractivity contribution in [1.82, 2.24) is 4.98 Å². The van der Waals surface area contributed by atoms with E-state index in [2.05, 4.69) is 10.3 Å². The summed E-state index contributed by atoms with van der Waals surface area (Å²) in [6.07, 6.45) is 1.58. The summed E-state index contributed by atoms with van der Waals surface area (Å²) in [4.78, 5) is 15.6. The van der Waals surface area contributed by atoms with Gasteiger partial charge in [-0.1, -0.05) is 11.6 Å². The number of nitrogens with one attached hydrogen (secondary N) is 1. The Labute approximate surface area is 99.9 Å². The molecule has 2 aromatic rings. The summed E-state index contributed by atoms with van der Waals surface area (Å²) >= 11 is 6.87. The van der Waals surface area contributed by atoms with E-state index in [1.54, 1.807) is 11.6 Å². The van der Waals surface area contributed by atoms with E-state index < -0.39 is 5.82 Å². The number of thiazole rings is 1. The number of hydrogen-bond acceptors (Lipinski definition) is 3. The van der Waals surface area contributed by atoms with Crippen LogP contribution in [0.3, 0.4) is 0 Å². The Kier molecular flexibility index (Phi) is 3.17. The predicted molar refractivity (Wildman–Crippen MR) is 61.5 cm³/mol. The van der Waals surface area contributed by atoms with Crippen molar-refractivity contribution in [2.75, 3.05) is 5.32 Å². The second kappa shape index (κ2) is 4.59. The summed E-state index contributed by atoms with van der Waals surface area (Å²) < 4.78 is 12.9. The predicted octanol–water partition coefficient (Wildman–Crippen LogP) is 3.19. The number of halogens is 2. The Morgan fingerprint density at radius 2 is 2.31 bits per heavy atom. The lowest BCUT2D eigenvalue weighted by Crippen LogP contribution is -2.11. The van der Waals surface area contributed by atoms with Crippen molar-refractivity contribution in [2.45, 2.75) is 0 Å². The number of carbonyl (C=O) groups is 1. The van der Waals surface area contributed by atoms with Gasteiger partial charge in [-0.2, -0.15) is 0 Å². The minimum Gasteiger partial charge on any atom is -0.298 e. The molecule has 0 aliphatic carbocycles. The Hall–Kier alpha value is -1.46. The van der Waals surface area contributed by atoms with Crippen LogP contribution in [-0.2, 0) is 0 Å². The lowest BCUT2D eigenvalue weighted by molar-refractivity contribution is 0.102. The molecule has 0 saturated heterocycles. The van der Waals surface area contributed by atoms with Gasteiger partial charge in [0.1, 0.15) is 5.82 Å². The second-order valence-electron chi connectivity index (χ2n) is 2.92. The number of rotatable bonds is 2. The van der Waals surface area contributed by atoms with E-state index in [4.69, 9.17) is 11.6 Å². The quantitative estimate of drug-likeness (QED) is 0.897. The normalized spacial score (nSPS) is 10.1. The molecule has 1 amide bonds. The molecule has 0 aliphatic rings. The maximum Gasteiger partial charge on any atom is 0.257 e. The highest BCUT2D eigenvalue weighted by Gasteiger charge is 2.09. The average molecular weight is 257 g/mol. The average Bonchev–Trinajstić information content (AvgIpc) is 2.74. The van der Waals surface area contributed by atoms with Crippen LogP contribution in [-0.4, -0.2) is 10.9 Å². The van der Waals surface area contributed by atoms with Gasteiger partial charge in [-0.3, -0.25) is 10.1 Å². The number of nitrogens with zero attached hydrogens (tertiary/aromatic N) is 1. The topological polar surface area (TPSA) is 42.0 Å². The molecule has 3 nitrogen and oxygen atoms in total. The molecule has 82 valence electrons. The van der Waals surface area contributed by atoms with Gasteiger partial charge in [-0.15, -0.1) is 11.3 Å².